The van der Waals surface area contributed by atoms with Gasteiger partial charge in [0.05, 0.1) is 19.8 Å². The fourth-order valence-corrected chi connectivity index (χ4v) is 2.89. The third-order valence-electron chi connectivity index (χ3n) is 4.38. The lowest BCUT2D eigenvalue weighted by Crippen LogP contribution is -2.05. The number of carbonyl (C=O) groups is 1. The molecular formula is C21H19N2O5+. The fraction of sp³-hybridized carbons (Fsp3) is 0.143. The number of carbonyl (C=O) groups excluding carboxylic acids is 1. The zero-order valence-corrected chi connectivity index (χ0v) is 15.4. The molecule has 0 amide bonds. The Balaban J connectivity index is 1.52. The van der Waals surface area contributed by atoms with Crippen LogP contribution in [0, 0.1) is 0 Å². The van der Waals surface area contributed by atoms with E-state index >= 15 is 0 Å². The van der Waals surface area contributed by atoms with E-state index in [4.69, 9.17) is 18.9 Å². The summed E-state index contributed by atoms with van der Waals surface area (Å²) in [5, 5.41) is 6.12. The van der Waals surface area contributed by atoms with Crippen LogP contribution in [0.15, 0.2) is 48.5 Å². The molecule has 3 aromatic rings. The smallest absolute Gasteiger partial charge is 0.236 e. The molecule has 0 spiro atoms. The van der Waals surface area contributed by atoms with Gasteiger partial charge >= 0.3 is 0 Å². The van der Waals surface area contributed by atoms with Gasteiger partial charge in [0.2, 0.25) is 12.5 Å². The summed E-state index contributed by atoms with van der Waals surface area (Å²) < 4.78 is 21.2. The maximum Gasteiger partial charge on any atom is 0.236 e. The van der Waals surface area contributed by atoms with Gasteiger partial charge in [-0.2, -0.15) is 5.10 Å². The minimum atomic E-state index is -0.127. The van der Waals surface area contributed by atoms with Crippen molar-refractivity contribution >= 4 is 11.9 Å². The molecule has 2 heterocycles. The number of aromatic amines is 2. The summed E-state index contributed by atoms with van der Waals surface area (Å²) in [7, 11) is 3.21. The van der Waals surface area contributed by atoms with Crippen LogP contribution in [-0.2, 0) is 0 Å². The van der Waals surface area contributed by atoms with Crippen molar-refractivity contribution in [2.24, 2.45) is 0 Å². The van der Waals surface area contributed by atoms with Gasteiger partial charge in [-0.05, 0) is 42.5 Å². The van der Waals surface area contributed by atoms with Crippen LogP contribution in [0.2, 0.25) is 0 Å². The molecule has 0 atom stereocenters. The molecule has 0 unspecified atom stereocenters. The first kappa shape index (κ1) is 17.7. The Morgan fingerprint density at radius 2 is 1.79 bits per heavy atom. The maximum absolute atomic E-state index is 12.4. The minimum Gasteiger partial charge on any atom is -0.497 e. The lowest BCUT2D eigenvalue weighted by molar-refractivity contribution is -0.437. The van der Waals surface area contributed by atoms with E-state index in [-0.39, 0.29) is 12.6 Å². The molecule has 0 radical (unpaired) electrons. The number of hydrogen-bond donors (Lipinski definition) is 1. The van der Waals surface area contributed by atoms with Crippen molar-refractivity contribution in [1.82, 2.24) is 5.10 Å². The summed E-state index contributed by atoms with van der Waals surface area (Å²) in [6.45, 7) is 0.180. The third-order valence-corrected chi connectivity index (χ3v) is 4.38. The predicted octanol–water partition coefficient (Wildman–Crippen LogP) is 3.14. The van der Waals surface area contributed by atoms with Gasteiger partial charge in [-0.3, -0.25) is 4.79 Å². The Bertz CT molecular complexity index is 1030. The molecule has 28 heavy (non-hydrogen) atoms. The number of methoxy groups -OCH3 is 2. The number of fused-ring (bicyclic) bond motifs is 1. The van der Waals surface area contributed by atoms with Crippen LogP contribution in [0.5, 0.6) is 23.0 Å². The lowest BCUT2D eigenvalue weighted by atomic mass is 10.1. The molecule has 0 aliphatic carbocycles. The molecule has 0 saturated carbocycles. The monoisotopic (exact) mass is 379 g/mol. The van der Waals surface area contributed by atoms with Gasteiger partial charge in [0.1, 0.15) is 17.2 Å². The first-order valence-electron chi connectivity index (χ1n) is 8.62. The number of ether oxygens (including phenoxy) is 4. The molecule has 1 aliphatic rings. The average molecular weight is 379 g/mol. The van der Waals surface area contributed by atoms with Crippen molar-refractivity contribution in [3.63, 3.8) is 0 Å². The topological polar surface area (TPSA) is 83.9 Å². The summed E-state index contributed by atoms with van der Waals surface area (Å²) in [5.41, 5.74) is 3.03. The Hall–Kier alpha value is -3.74. The maximum atomic E-state index is 12.4. The second-order valence-electron chi connectivity index (χ2n) is 6.13. The number of hydrogen-bond acceptors (Lipinski definition) is 5. The Morgan fingerprint density at radius 3 is 2.54 bits per heavy atom. The Morgan fingerprint density at radius 1 is 1.04 bits per heavy atom. The van der Waals surface area contributed by atoms with E-state index in [0.29, 0.717) is 28.6 Å². The summed E-state index contributed by atoms with van der Waals surface area (Å²) in [6, 6.07) is 12.6. The van der Waals surface area contributed by atoms with E-state index < -0.39 is 0 Å². The highest BCUT2D eigenvalue weighted by atomic mass is 16.7. The van der Waals surface area contributed by atoms with Gasteiger partial charge in [-0.15, -0.1) is 5.10 Å². The molecule has 0 saturated heterocycles. The van der Waals surface area contributed by atoms with Crippen molar-refractivity contribution in [2.45, 2.75) is 0 Å². The average Bonchev–Trinajstić information content (AvgIpc) is 3.40. The largest absolute Gasteiger partial charge is 0.497 e. The molecule has 1 aliphatic heterocycles. The molecule has 2 N–H and O–H groups in total. The minimum absolute atomic E-state index is 0.127. The van der Waals surface area contributed by atoms with Crippen LogP contribution >= 0.6 is 0 Å². The molecule has 2 aromatic carbocycles. The van der Waals surface area contributed by atoms with E-state index in [9.17, 15) is 4.79 Å². The molecule has 0 bridgehead atoms. The summed E-state index contributed by atoms with van der Waals surface area (Å²) in [5.74, 6) is 2.50. The highest BCUT2D eigenvalue weighted by Crippen LogP contribution is 2.32. The zero-order valence-electron chi connectivity index (χ0n) is 15.4. The van der Waals surface area contributed by atoms with Gasteiger partial charge in [0.15, 0.2) is 17.3 Å². The van der Waals surface area contributed by atoms with Crippen LogP contribution < -0.4 is 24.0 Å². The van der Waals surface area contributed by atoms with Crippen LogP contribution in [0.3, 0.4) is 0 Å². The molecule has 7 heteroatoms. The number of allylic oxidation sites excluding steroid dienone is 1. The van der Waals surface area contributed by atoms with E-state index in [1.165, 1.54) is 6.08 Å². The van der Waals surface area contributed by atoms with E-state index in [1.54, 1.807) is 44.6 Å². The highest BCUT2D eigenvalue weighted by Gasteiger charge is 2.16. The summed E-state index contributed by atoms with van der Waals surface area (Å²) in [6.07, 6.45) is 3.22. The van der Waals surface area contributed by atoms with E-state index in [0.717, 1.165) is 17.0 Å². The standard InChI is InChI=1S/C21H18N2O5/c1-25-16-7-14(8-17(11-16)26-2)18-10-15(22-23-18)4-5-19(24)13-3-6-20-21(9-13)28-12-27-20/h3-11H,12H2,1-2H3,(H,22,23)/p+1/b5-4+. The molecular weight excluding hydrogens is 360 g/mol. The molecule has 1 aromatic heterocycles. The molecule has 4 rings (SSSR count). The Kier molecular flexibility index (Phi) is 4.72. The quantitative estimate of drug-likeness (QED) is 0.525. The third kappa shape index (κ3) is 3.55. The van der Waals surface area contributed by atoms with Crippen molar-refractivity contribution < 1.29 is 28.8 Å². The second kappa shape index (κ2) is 7.48. The lowest BCUT2D eigenvalue weighted by Gasteiger charge is -2.05. The zero-order chi connectivity index (χ0) is 19.5. The highest BCUT2D eigenvalue weighted by molar-refractivity contribution is 6.07. The van der Waals surface area contributed by atoms with Gasteiger partial charge < -0.3 is 18.9 Å². The molecule has 0 fully saturated rings. The van der Waals surface area contributed by atoms with Gasteiger partial charge in [-0.25, -0.2) is 0 Å². The van der Waals surface area contributed by atoms with Crippen molar-refractivity contribution in [1.29, 1.82) is 0 Å². The number of nitrogens with one attached hydrogen (secondary N) is 2. The van der Waals surface area contributed by atoms with Crippen LogP contribution in [0.25, 0.3) is 17.3 Å². The molecule has 142 valence electrons. The van der Waals surface area contributed by atoms with Crippen LogP contribution in [0.4, 0.5) is 0 Å². The number of benzene rings is 2. The SMILES string of the molecule is COc1cc(OC)cc(-c2cc(/C=C/C(=O)c3ccc4c(c3)OCO4)[nH][nH+]2)c1. The van der Waals surface area contributed by atoms with Gasteiger partial charge in [0.25, 0.3) is 0 Å². The number of ketones is 1. The fourth-order valence-electron chi connectivity index (χ4n) is 2.89. The number of H-pyrrole nitrogens is 2. The normalized spacial score (nSPS) is 12.4. The van der Waals surface area contributed by atoms with Crippen LogP contribution in [-0.4, -0.2) is 31.9 Å². The van der Waals surface area contributed by atoms with Crippen LogP contribution in [0.1, 0.15) is 16.1 Å². The van der Waals surface area contributed by atoms with Crippen molar-refractivity contribution in [3.05, 3.63) is 59.8 Å². The van der Waals surface area contributed by atoms with Crippen molar-refractivity contribution in [2.75, 3.05) is 21.0 Å². The van der Waals surface area contributed by atoms with E-state index in [1.807, 2.05) is 18.2 Å². The van der Waals surface area contributed by atoms with Gasteiger partial charge in [-0.1, -0.05) is 0 Å². The first-order chi connectivity index (χ1) is 13.7. The summed E-state index contributed by atoms with van der Waals surface area (Å²) >= 11 is 0. The molecule has 7 nitrogen and oxygen atoms in total. The predicted molar refractivity (Wildman–Crippen MR) is 102 cm³/mol. The van der Waals surface area contributed by atoms with Gasteiger partial charge in [0, 0.05) is 17.7 Å². The second-order valence-corrected chi connectivity index (χ2v) is 6.13. The van der Waals surface area contributed by atoms with E-state index in [2.05, 4.69) is 10.2 Å². The number of rotatable bonds is 6. The summed E-state index contributed by atoms with van der Waals surface area (Å²) in [4.78, 5) is 12.4. The Labute approximate surface area is 161 Å². The number of aromatic nitrogens is 2. The first-order valence-corrected chi connectivity index (χ1v) is 8.62. The van der Waals surface area contributed by atoms with Crippen molar-refractivity contribution in [3.8, 4) is 34.3 Å².